The third kappa shape index (κ3) is 4.29. The van der Waals surface area contributed by atoms with Crippen molar-refractivity contribution in [2.45, 2.75) is 31.6 Å². The highest BCUT2D eigenvalue weighted by molar-refractivity contribution is 5.80. The summed E-state index contributed by atoms with van der Waals surface area (Å²) in [5.74, 6) is 0.479. The van der Waals surface area contributed by atoms with Crippen LogP contribution < -0.4 is 10.2 Å². The minimum atomic E-state index is -4.15. The lowest BCUT2D eigenvalue weighted by Gasteiger charge is -2.36. The number of hydrogen-bond donors (Lipinski definition) is 2. The average molecular weight is 480 g/mol. The molecule has 2 atom stereocenters. The Bertz CT molecular complexity index is 1380. The molecule has 2 unspecified atom stereocenters. The Kier molecular flexibility index (Phi) is 5.14. The highest BCUT2D eigenvalue weighted by Gasteiger charge is 2.46. The molecule has 0 aliphatic carbocycles. The highest BCUT2D eigenvalue weighted by atomic mass is 19.4. The predicted molar refractivity (Wildman–Crippen MR) is 129 cm³/mol. The number of H-pyrrole nitrogens is 1. The fourth-order valence-electron chi connectivity index (χ4n) is 5.31. The lowest BCUT2D eigenvalue weighted by atomic mass is 10.1. The number of pyridine rings is 1. The second-order valence-corrected chi connectivity index (χ2v) is 9.27. The van der Waals surface area contributed by atoms with Gasteiger partial charge in [0.15, 0.2) is 0 Å². The van der Waals surface area contributed by atoms with Crippen LogP contribution in [-0.2, 0) is 0 Å². The molecule has 4 aromatic rings. The molecule has 2 fully saturated rings. The first kappa shape index (κ1) is 21.8. The first-order valence-electron chi connectivity index (χ1n) is 11.5. The SMILES string of the molecule is Cc1cc(Nc2nccc(-c3cnc4[nH]ccc4c3)n2)ccc1N1CC2CC1CN2CC(F)(F)F. The van der Waals surface area contributed by atoms with Gasteiger partial charge in [-0.3, -0.25) is 4.90 Å². The van der Waals surface area contributed by atoms with Gasteiger partial charge in [0.25, 0.3) is 0 Å². The van der Waals surface area contributed by atoms with E-state index in [0.29, 0.717) is 19.0 Å². The van der Waals surface area contributed by atoms with Crippen molar-refractivity contribution in [2.24, 2.45) is 0 Å². The topological polar surface area (TPSA) is 73.0 Å². The number of hydrogen-bond acceptors (Lipinski definition) is 6. The van der Waals surface area contributed by atoms with E-state index in [1.165, 1.54) is 0 Å². The van der Waals surface area contributed by atoms with Gasteiger partial charge in [0.2, 0.25) is 5.95 Å². The van der Waals surface area contributed by atoms with Crippen molar-refractivity contribution in [1.82, 2.24) is 24.8 Å². The van der Waals surface area contributed by atoms with Gasteiger partial charge in [-0.15, -0.1) is 0 Å². The van der Waals surface area contributed by atoms with Gasteiger partial charge in [0.1, 0.15) is 5.65 Å². The molecule has 2 N–H and O–H groups in total. The summed E-state index contributed by atoms with van der Waals surface area (Å²) >= 11 is 0. The highest BCUT2D eigenvalue weighted by Crippen LogP contribution is 2.38. The molecule has 7 nitrogen and oxygen atoms in total. The Balaban J connectivity index is 1.17. The molecule has 1 aromatic carbocycles. The van der Waals surface area contributed by atoms with E-state index in [-0.39, 0.29) is 12.1 Å². The van der Waals surface area contributed by atoms with Crippen molar-refractivity contribution >= 4 is 28.4 Å². The minimum Gasteiger partial charge on any atom is -0.365 e. The number of aromatic nitrogens is 4. The molecular formula is C25H24F3N7. The van der Waals surface area contributed by atoms with E-state index in [0.717, 1.165) is 45.6 Å². The van der Waals surface area contributed by atoms with Gasteiger partial charge in [-0.1, -0.05) is 0 Å². The Morgan fingerprint density at radius 2 is 1.97 bits per heavy atom. The molecule has 0 amide bonds. The van der Waals surface area contributed by atoms with E-state index in [2.05, 4.69) is 30.2 Å². The van der Waals surface area contributed by atoms with E-state index in [4.69, 9.17) is 0 Å². The van der Waals surface area contributed by atoms with E-state index in [9.17, 15) is 13.2 Å². The number of nitrogens with one attached hydrogen (secondary N) is 2. The zero-order valence-corrected chi connectivity index (χ0v) is 19.0. The van der Waals surface area contributed by atoms with E-state index in [1.807, 2.05) is 49.5 Å². The minimum absolute atomic E-state index is 0.0463. The summed E-state index contributed by atoms with van der Waals surface area (Å²) in [4.78, 5) is 20.3. The summed E-state index contributed by atoms with van der Waals surface area (Å²) in [5.41, 5.74) is 5.47. The molecule has 0 spiro atoms. The van der Waals surface area contributed by atoms with Crippen molar-refractivity contribution in [3.8, 4) is 11.3 Å². The second-order valence-electron chi connectivity index (χ2n) is 9.27. The van der Waals surface area contributed by atoms with Gasteiger partial charge in [-0.05, 0) is 55.3 Å². The zero-order chi connectivity index (χ0) is 24.2. The van der Waals surface area contributed by atoms with Crippen LogP contribution in [-0.4, -0.2) is 62.7 Å². The van der Waals surface area contributed by atoms with Crippen LogP contribution in [0, 0.1) is 6.92 Å². The van der Waals surface area contributed by atoms with Crippen molar-refractivity contribution in [3.05, 3.63) is 60.6 Å². The molecule has 10 heteroatoms. The van der Waals surface area contributed by atoms with Crippen LogP contribution >= 0.6 is 0 Å². The number of anilines is 3. The molecule has 2 bridgehead atoms. The van der Waals surface area contributed by atoms with Gasteiger partial charge in [0.05, 0.1) is 12.2 Å². The van der Waals surface area contributed by atoms with Crippen molar-refractivity contribution in [3.63, 3.8) is 0 Å². The van der Waals surface area contributed by atoms with Gasteiger partial charge in [-0.25, -0.2) is 15.0 Å². The third-order valence-corrected chi connectivity index (χ3v) is 6.85. The number of nitrogens with zero attached hydrogens (tertiary/aromatic N) is 5. The Morgan fingerprint density at radius 1 is 1.09 bits per heavy atom. The van der Waals surface area contributed by atoms with E-state index < -0.39 is 12.7 Å². The maximum absolute atomic E-state index is 12.8. The van der Waals surface area contributed by atoms with Crippen LogP contribution in [0.15, 0.2) is 55.0 Å². The van der Waals surface area contributed by atoms with Crippen LogP contribution in [0.4, 0.5) is 30.5 Å². The second kappa shape index (κ2) is 8.23. The molecule has 2 aliphatic rings. The molecule has 6 rings (SSSR count). The molecule has 0 saturated carbocycles. The molecule has 0 radical (unpaired) electrons. The fourth-order valence-corrected chi connectivity index (χ4v) is 5.31. The van der Waals surface area contributed by atoms with Gasteiger partial charge < -0.3 is 15.2 Å². The number of likely N-dealkylation sites (tertiary alicyclic amines) is 1. The number of aromatic amines is 1. The fraction of sp³-hybridized carbons (Fsp3) is 0.320. The summed E-state index contributed by atoms with van der Waals surface area (Å²) in [6.07, 6.45) is 1.97. The first-order valence-corrected chi connectivity index (χ1v) is 11.5. The number of alkyl halides is 3. The summed E-state index contributed by atoms with van der Waals surface area (Å²) in [6.45, 7) is 2.28. The van der Waals surface area contributed by atoms with Gasteiger partial charge in [-0.2, -0.15) is 13.2 Å². The van der Waals surface area contributed by atoms with E-state index in [1.54, 1.807) is 17.3 Å². The smallest absolute Gasteiger partial charge is 0.365 e. The summed E-state index contributed by atoms with van der Waals surface area (Å²) in [6, 6.07) is 11.9. The Labute approximate surface area is 200 Å². The zero-order valence-electron chi connectivity index (χ0n) is 19.0. The lowest BCUT2D eigenvalue weighted by Crippen LogP contribution is -2.49. The molecule has 35 heavy (non-hydrogen) atoms. The van der Waals surface area contributed by atoms with Crippen molar-refractivity contribution in [2.75, 3.05) is 29.9 Å². The molecule has 2 aliphatic heterocycles. The maximum atomic E-state index is 12.8. The number of halogens is 3. The standard InChI is InChI=1S/C25H24F3N7/c1-15-8-18(2-3-22(15)35-13-19-10-20(35)12-34(19)14-25(26,27)28)32-24-30-7-5-21(33-24)17-9-16-4-6-29-23(16)31-11-17/h2-9,11,19-20H,10,12-14H2,1H3,(H,29,31)(H,30,32,33). The van der Waals surface area contributed by atoms with Crippen LogP contribution in [0.25, 0.3) is 22.3 Å². The number of aryl methyl sites for hydroxylation is 1. The number of fused-ring (bicyclic) bond motifs is 3. The van der Waals surface area contributed by atoms with Gasteiger partial charge >= 0.3 is 6.18 Å². The quantitative estimate of drug-likeness (QED) is 0.424. The molecule has 180 valence electrons. The molecular weight excluding hydrogens is 455 g/mol. The molecule has 2 saturated heterocycles. The number of rotatable bonds is 5. The number of benzene rings is 1. The van der Waals surface area contributed by atoms with Gasteiger partial charge in [0, 0.05) is 66.1 Å². The van der Waals surface area contributed by atoms with Crippen molar-refractivity contribution < 1.29 is 13.2 Å². The Hall–Kier alpha value is -3.66. The summed E-state index contributed by atoms with van der Waals surface area (Å²) in [5, 5.41) is 4.28. The Morgan fingerprint density at radius 3 is 2.74 bits per heavy atom. The van der Waals surface area contributed by atoms with Crippen LogP contribution in [0.5, 0.6) is 0 Å². The predicted octanol–water partition coefficient (Wildman–Crippen LogP) is 4.90. The largest absolute Gasteiger partial charge is 0.401 e. The normalized spacial score (nSPS) is 20.2. The average Bonchev–Trinajstić information content (AvgIpc) is 3.53. The summed E-state index contributed by atoms with van der Waals surface area (Å²) in [7, 11) is 0. The van der Waals surface area contributed by atoms with E-state index >= 15 is 0 Å². The van der Waals surface area contributed by atoms with Crippen LogP contribution in [0.3, 0.4) is 0 Å². The third-order valence-electron chi connectivity index (χ3n) is 6.85. The maximum Gasteiger partial charge on any atom is 0.401 e. The van der Waals surface area contributed by atoms with Crippen LogP contribution in [0.2, 0.25) is 0 Å². The van der Waals surface area contributed by atoms with Crippen LogP contribution in [0.1, 0.15) is 12.0 Å². The molecule has 3 aromatic heterocycles. The monoisotopic (exact) mass is 479 g/mol. The number of piperazine rings is 1. The lowest BCUT2D eigenvalue weighted by molar-refractivity contribution is -0.148. The molecule has 5 heterocycles. The first-order chi connectivity index (χ1) is 16.8. The van der Waals surface area contributed by atoms with Crippen molar-refractivity contribution in [1.29, 1.82) is 0 Å². The summed E-state index contributed by atoms with van der Waals surface area (Å²) < 4.78 is 38.5.